The highest BCUT2D eigenvalue weighted by Gasteiger charge is 2.26. The molecule has 0 aromatic carbocycles. The molecule has 1 atom stereocenters. The number of likely N-dealkylation sites (N-methyl/N-ethyl adjacent to an activating group) is 1. The fourth-order valence-corrected chi connectivity index (χ4v) is 0.836. The fraction of sp³-hybridized carbons (Fsp3) is 0.667. The molecule has 1 amide bonds. The van der Waals surface area contributed by atoms with Crippen LogP contribution in [-0.2, 0) is 4.79 Å². The molecule has 0 bridgehead atoms. The minimum atomic E-state index is -0.199. The van der Waals surface area contributed by atoms with Gasteiger partial charge in [0.2, 0.25) is 0 Å². The summed E-state index contributed by atoms with van der Waals surface area (Å²) >= 11 is 0. The monoisotopic (exact) mass is 171 g/mol. The van der Waals surface area contributed by atoms with Crippen molar-refractivity contribution >= 4 is 5.91 Å². The van der Waals surface area contributed by atoms with E-state index in [0.29, 0.717) is 5.57 Å². The van der Waals surface area contributed by atoms with Crippen LogP contribution in [0.2, 0.25) is 0 Å². The van der Waals surface area contributed by atoms with E-state index in [1.807, 2.05) is 28.1 Å². The second kappa shape index (κ2) is 3.83. The molecular formula is C9H19N2O+. The van der Waals surface area contributed by atoms with Crippen molar-refractivity contribution in [3.8, 4) is 0 Å². The highest BCUT2D eigenvalue weighted by atomic mass is 16.2. The molecule has 0 rings (SSSR count). The van der Waals surface area contributed by atoms with Crippen molar-refractivity contribution in [1.82, 2.24) is 0 Å². The molecule has 0 saturated carbocycles. The standard InChI is InChI=1S/C9H19N2O/c1-6-8(10)7(2)9(12)11(3,4)5/h8H,2,6,10H2,1,3-5H3/q+1. The van der Waals surface area contributed by atoms with Gasteiger partial charge in [-0.05, 0) is 6.42 Å². The van der Waals surface area contributed by atoms with Crippen molar-refractivity contribution < 1.29 is 9.28 Å². The van der Waals surface area contributed by atoms with Crippen LogP contribution in [0.25, 0.3) is 0 Å². The molecule has 0 aliphatic rings. The predicted octanol–water partition coefficient (Wildman–Crippen LogP) is 0.513. The molecule has 0 heterocycles. The zero-order valence-electron chi connectivity index (χ0n) is 8.42. The third kappa shape index (κ3) is 2.75. The average Bonchev–Trinajstić information content (AvgIpc) is 1.98. The Morgan fingerprint density at radius 2 is 1.92 bits per heavy atom. The Bertz CT molecular complexity index is 191. The molecule has 2 N–H and O–H groups in total. The zero-order valence-corrected chi connectivity index (χ0v) is 8.42. The molecule has 12 heavy (non-hydrogen) atoms. The van der Waals surface area contributed by atoms with Crippen molar-refractivity contribution in [3.63, 3.8) is 0 Å². The van der Waals surface area contributed by atoms with Gasteiger partial charge in [0, 0.05) is 6.04 Å². The number of hydrogen-bond acceptors (Lipinski definition) is 2. The van der Waals surface area contributed by atoms with Gasteiger partial charge < -0.3 is 5.73 Å². The first kappa shape index (κ1) is 11.3. The lowest BCUT2D eigenvalue weighted by atomic mass is 10.1. The molecule has 0 aromatic rings. The molecule has 1 unspecified atom stereocenters. The molecule has 0 saturated heterocycles. The van der Waals surface area contributed by atoms with Crippen LogP contribution in [0.15, 0.2) is 12.2 Å². The molecule has 0 spiro atoms. The van der Waals surface area contributed by atoms with Gasteiger partial charge in [-0.1, -0.05) is 13.5 Å². The SMILES string of the molecule is C=C(C(=O)[N+](C)(C)C)C(N)CC. The Morgan fingerprint density at radius 3 is 2.17 bits per heavy atom. The normalized spacial score (nSPS) is 14.1. The summed E-state index contributed by atoms with van der Waals surface area (Å²) in [6.07, 6.45) is 0.755. The highest BCUT2D eigenvalue weighted by molar-refractivity contribution is 5.88. The van der Waals surface area contributed by atoms with Crippen LogP contribution in [0.1, 0.15) is 13.3 Å². The Labute approximate surface area is 74.4 Å². The van der Waals surface area contributed by atoms with Gasteiger partial charge >= 0.3 is 5.91 Å². The summed E-state index contributed by atoms with van der Waals surface area (Å²) < 4.78 is 0.256. The summed E-state index contributed by atoms with van der Waals surface area (Å²) in [4.78, 5) is 11.6. The van der Waals surface area contributed by atoms with Crippen molar-refractivity contribution in [2.75, 3.05) is 21.1 Å². The first-order valence-electron chi connectivity index (χ1n) is 4.11. The predicted molar refractivity (Wildman–Crippen MR) is 50.4 cm³/mol. The van der Waals surface area contributed by atoms with Crippen LogP contribution in [0, 0.1) is 0 Å². The summed E-state index contributed by atoms with van der Waals surface area (Å²) in [5, 5.41) is 0. The van der Waals surface area contributed by atoms with Crippen LogP contribution >= 0.6 is 0 Å². The minimum absolute atomic E-state index is 0.00403. The molecule has 0 aromatic heterocycles. The number of nitrogens with zero attached hydrogens (tertiary/aromatic N) is 1. The van der Waals surface area contributed by atoms with E-state index in [0.717, 1.165) is 6.42 Å². The van der Waals surface area contributed by atoms with Crippen molar-refractivity contribution in [2.24, 2.45) is 5.73 Å². The zero-order chi connectivity index (χ0) is 9.94. The van der Waals surface area contributed by atoms with Gasteiger partial charge in [-0.15, -0.1) is 0 Å². The number of rotatable bonds is 3. The molecule has 0 fully saturated rings. The van der Waals surface area contributed by atoms with Crippen LogP contribution in [0.3, 0.4) is 0 Å². The summed E-state index contributed by atoms with van der Waals surface area (Å²) in [5.41, 5.74) is 6.20. The molecular weight excluding hydrogens is 152 g/mol. The van der Waals surface area contributed by atoms with Crippen molar-refractivity contribution in [2.45, 2.75) is 19.4 Å². The van der Waals surface area contributed by atoms with Crippen LogP contribution in [0.4, 0.5) is 0 Å². The number of nitrogens with two attached hydrogens (primary N) is 1. The van der Waals surface area contributed by atoms with Gasteiger partial charge in [0.25, 0.3) is 0 Å². The third-order valence-corrected chi connectivity index (χ3v) is 1.77. The summed E-state index contributed by atoms with van der Waals surface area (Å²) in [5.74, 6) is 0.00403. The van der Waals surface area contributed by atoms with E-state index in [-0.39, 0.29) is 16.4 Å². The van der Waals surface area contributed by atoms with Crippen molar-refractivity contribution in [1.29, 1.82) is 0 Å². The molecule has 3 heteroatoms. The van der Waals surface area contributed by atoms with E-state index in [1.165, 1.54) is 0 Å². The maximum absolute atomic E-state index is 11.6. The van der Waals surface area contributed by atoms with E-state index >= 15 is 0 Å². The Hall–Kier alpha value is -0.670. The number of amides is 1. The summed E-state index contributed by atoms with van der Waals surface area (Å²) in [6, 6.07) is -0.199. The first-order chi connectivity index (χ1) is 5.30. The van der Waals surface area contributed by atoms with Gasteiger partial charge in [-0.3, -0.25) is 4.48 Å². The summed E-state index contributed by atoms with van der Waals surface area (Å²) in [6.45, 7) is 5.64. The van der Waals surface area contributed by atoms with Gasteiger partial charge in [0.15, 0.2) is 0 Å². The van der Waals surface area contributed by atoms with Crippen LogP contribution in [-0.4, -0.2) is 37.6 Å². The van der Waals surface area contributed by atoms with Crippen LogP contribution < -0.4 is 5.73 Å². The largest absolute Gasteiger partial charge is 0.342 e. The van der Waals surface area contributed by atoms with E-state index in [1.54, 1.807) is 0 Å². The molecule has 0 aliphatic heterocycles. The molecule has 0 aliphatic carbocycles. The Morgan fingerprint density at radius 1 is 1.50 bits per heavy atom. The fourth-order valence-electron chi connectivity index (χ4n) is 0.836. The smallest absolute Gasteiger partial charge is 0.324 e. The van der Waals surface area contributed by atoms with Gasteiger partial charge in [0.1, 0.15) is 0 Å². The lowest BCUT2D eigenvalue weighted by Crippen LogP contribution is -2.45. The molecule has 70 valence electrons. The second-order valence-electron chi connectivity index (χ2n) is 3.86. The molecule has 0 radical (unpaired) electrons. The van der Waals surface area contributed by atoms with E-state index in [4.69, 9.17) is 5.73 Å². The summed E-state index contributed by atoms with van der Waals surface area (Å²) in [7, 11) is 5.45. The lowest BCUT2D eigenvalue weighted by molar-refractivity contribution is -0.790. The van der Waals surface area contributed by atoms with Crippen molar-refractivity contribution in [3.05, 3.63) is 12.2 Å². The minimum Gasteiger partial charge on any atom is -0.324 e. The lowest BCUT2D eigenvalue weighted by Gasteiger charge is -2.23. The maximum atomic E-state index is 11.6. The quantitative estimate of drug-likeness (QED) is 0.497. The van der Waals surface area contributed by atoms with E-state index in [9.17, 15) is 4.79 Å². The second-order valence-corrected chi connectivity index (χ2v) is 3.86. The molecule has 3 nitrogen and oxygen atoms in total. The van der Waals surface area contributed by atoms with Crippen LogP contribution in [0.5, 0.6) is 0 Å². The van der Waals surface area contributed by atoms with E-state index < -0.39 is 0 Å². The highest BCUT2D eigenvalue weighted by Crippen LogP contribution is 2.07. The average molecular weight is 171 g/mol. The maximum Gasteiger partial charge on any atom is 0.342 e. The number of hydrogen-bond donors (Lipinski definition) is 1. The first-order valence-corrected chi connectivity index (χ1v) is 4.11. The Kier molecular flexibility index (Phi) is 3.61. The van der Waals surface area contributed by atoms with E-state index in [2.05, 4.69) is 6.58 Å². The van der Waals surface area contributed by atoms with Gasteiger partial charge in [-0.2, -0.15) is 0 Å². The topological polar surface area (TPSA) is 43.1 Å². The Balaban J connectivity index is 4.42. The number of carbonyl (C=O) groups is 1. The van der Waals surface area contributed by atoms with Gasteiger partial charge in [-0.25, -0.2) is 4.79 Å². The van der Waals surface area contributed by atoms with Gasteiger partial charge in [0.05, 0.1) is 26.7 Å². The third-order valence-electron chi connectivity index (χ3n) is 1.77. The number of carbonyl (C=O) groups excluding carboxylic acids is 1. The number of quaternary nitrogens is 1.